The van der Waals surface area contributed by atoms with Crippen molar-refractivity contribution in [3.05, 3.63) is 0 Å². The number of carbonyl (C=O) groups excluding carboxylic acids is 1. The lowest BCUT2D eigenvalue weighted by Gasteiger charge is -2.40. The summed E-state index contributed by atoms with van der Waals surface area (Å²) in [6.07, 6.45) is 3.25. The first-order chi connectivity index (χ1) is 9.59. The van der Waals surface area contributed by atoms with Crippen molar-refractivity contribution in [3.8, 4) is 0 Å². The summed E-state index contributed by atoms with van der Waals surface area (Å²) >= 11 is 0. The van der Waals surface area contributed by atoms with Crippen molar-refractivity contribution >= 4 is 11.9 Å². The molecule has 0 aromatic rings. The zero-order valence-electron chi connectivity index (χ0n) is 12.1. The SMILES string of the molecule is COCC1(C(=O)N2CCCC2CC(=O)O)CCNCC1. The first-order valence-electron chi connectivity index (χ1n) is 7.31. The van der Waals surface area contributed by atoms with Crippen molar-refractivity contribution in [2.75, 3.05) is 33.4 Å². The van der Waals surface area contributed by atoms with Crippen LogP contribution >= 0.6 is 0 Å². The molecule has 0 aliphatic carbocycles. The van der Waals surface area contributed by atoms with Gasteiger partial charge >= 0.3 is 5.97 Å². The number of hydrogen-bond donors (Lipinski definition) is 2. The van der Waals surface area contributed by atoms with E-state index in [2.05, 4.69) is 5.32 Å². The minimum Gasteiger partial charge on any atom is -0.481 e. The van der Waals surface area contributed by atoms with Gasteiger partial charge in [0.05, 0.1) is 18.4 Å². The lowest BCUT2D eigenvalue weighted by molar-refractivity contribution is -0.150. The van der Waals surface area contributed by atoms with Gasteiger partial charge in [-0.05, 0) is 38.8 Å². The van der Waals surface area contributed by atoms with Crippen molar-refractivity contribution in [2.45, 2.75) is 38.1 Å². The number of aliphatic carboxylic acids is 1. The average Bonchev–Trinajstić information content (AvgIpc) is 2.86. The summed E-state index contributed by atoms with van der Waals surface area (Å²) in [7, 11) is 1.62. The van der Waals surface area contributed by atoms with Gasteiger partial charge in [-0.3, -0.25) is 9.59 Å². The van der Waals surface area contributed by atoms with Crippen LogP contribution in [0, 0.1) is 5.41 Å². The van der Waals surface area contributed by atoms with E-state index in [-0.39, 0.29) is 18.4 Å². The molecule has 2 fully saturated rings. The number of piperidine rings is 1. The summed E-state index contributed by atoms with van der Waals surface area (Å²) in [5.41, 5.74) is -0.471. The molecule has 0 saturated carbocycles. The van der Waals surface area contributed by atoms with E-state index in [0.29, 0.717) is 13.2 Å². The standard InChI is InChI=1S/C14H24N2O4/c1-20-10-14(4-6-15-7-5-14)13(19)16-8-2-3-11(16)9-12(17)18/h11,15H,2-10H2,1H3,(H,17,18). The predicted molar refractivity (Wildman–Crippen MR) is 73.4 cm³/mol. The van der Waals surface area contributed by atoms with Crippen molar-refractivity contribution in [1.82, 2.24) is 10.2 Å². The predicted octanol–water partition coefficient (Wildman–Crippen LogP) is 0.468. The summed E-state index contributed by atoms with van der Waals surface area (Å²) < 4.78 is 5.29. The minimum atomic E-state index is -0.833. The van der Waals surface area contributed by atoms with Gasteiger partial charge in [-0.25, -0.2) is 0 Å². The molecule has 0 aromatic carbocycles. The fraction of sp³-hybridized carbons (Fsp3) is 0.857. The van der Waals surface area contributed by atoms with Crippen LogP contribution in [0.3, 0.4) is 0 Å². The third-order valence-corrected chi connectivity index (χ3v) is 4.48. The van der Waals surface area contributed by atoms with Crippen molar-refractivity contribution < 1.29 is 19.4 Å². The number of carboxylic acids is 1. The fourth-order valence-electron chi connectivity index (χ4n) is 3.42. The van der Waals surface area contributed by atoms with E-state index in [1.807, 2.05) is 0 Å². The maximum absolute atomic E-state index is 12.9. The van der Waals surface area contributed by atoms with Crippen LogP contribution in [0.15, 0.2) is 0 Å². The summed E-state index contributed by atoms with van der Waals surface area (Å²) in [5.74, 6) is -0.745. The number of amides is 1. The number of likely N-dealkylation sites (tertiary alicyclic amines) is 1. The first-order valence-corrected chi connectivity index (χ1v) is 7.31. The zero-order valence-corrected chi connectivity index (χ0v) is 12.1. The molecule has 2 N–H and O–H groups in total. The second kappa shape index (κ2) is 6.54. The maximum Gasteiger partial charge on any atom is 0.305 e. The number of carboxylic acid groups (broad SMARTS) is 1. The molecule has 1 amide bonds. The molecule has 2 aliphatic rings. The molecule has 6 nitrogen and oxygen atoms in total. The van der Waals surface area contributed by atoms with E-state index in [4.69, 9.17) is 9.84 Å². The van der Waals surface area contributed by atoms with Gasteiger partial charge in [0.1, 0.15) is 0 Å². The number of carbonyl (C=O) groups is 2. The van der Waals surface area contributed by atoms with Crippen molar-refractivity contribution in [2.24, 2.45) is 5.41 Å². The Morgan fingerprint density at radius 3 is 2.70 bits per heavy atom. The highest BCUT2D eigenvalue weighted by Gasteiger charge is 2.45. The molecule has 0 radical (unpaired) electrons. The van der Waals surface area contributed by atoms with Gasteiger partial charge < -0.3 is 20.1 Å². The summed E-state index contributed by atoms with van der Waals surface area (Å²) in [6.45, 7) is 2.72. The van der Waals surface area contributed by atoms with Crippen molar-refractivity contribution in [3.63, 3.8) is 0 Å². The summed E-state index contributed by atoms with van der Waals surface area (Å²) in [6, 6.07) is -0.149. The topological polar surface area (TPSA) is 78.9 Å². The fourth-order valence-corrected chi connectivity index (χ4v) is 3.42. The molecule has 0 bridgehead atoms. The quantitative estimate of drug-likeness (QED) is 0.767. The highest BCUT2D eigenvalue weighted by Crippen LogP contribution is 2.35. The monoisotopic (exact) mass is 284 g/mol. The number of rotatable bonds is 5. The maximum atomic E-state index is 12.9. The van der Waals surface area contributed by atoms with Crippen molar-refractivity contribution in [1.29, 1.82) is 0 Å². The third kappa shape index (κ3) is 3.12. The number of hydrogen-bond acceptors (Lipinski definition) is 4. The van der Waals surface area contributed by atoms with E-state index < -0.39 is 11.4 Å². The lowest BCUT2D eigenvalue weighted by atomic mass is 9.78. The molecule has 1 unspecified atom stereocenters. The molecule has 2 saturated heterocycles. The van der Waals surface area contributed by atoms with Crippen LogP contribution in [0.25, 0.3) is 0 Å². The number of nitrogens with one attached hydrogen (secondary N) is 1. The van der Waals surface area contributed by atoms with E-state index in [0.717, 1.165) is 38.8 Å². The van der Waals surface area contributed by atoms with E-state index in [1.54, 1.807) is 12.0 Å². The van der Waals surface area contributed by atoms with Crippen LogP contribution < -0.4 is 5.32 Å². The molecule has 2 rings (SSSR count). The van der Waals surface area contributed by atoms with Gasteiger partial charge in [0.25, 0.3) is 0 Å². The van der Waals surface area contributed by atoms with Gasteiger partial charge in [-0.1, -0.05) is 0 Å². The Morgan fingerprint density at radius 2 is 2.10 bits per heavy atom. The molecule has 0 aromatic heterocycles. The Morgan fingerprint density at radius 1 is 1.40 bits per heavy atom. The first kappa shape index (κ1) is 15.3. The lowest BCUT2D eigenvalue weighted by Crippen LogP contribution is -2.53. The van der Waals surface area contributed by atoms with Crippen LogP contribution in [0.2, 0.25) is 0 Å². The van der Waals surface area contributed by atoms with Gasteiger partial charge in [-0.15, -0.1) is 0 Å². The molecule has 1 atom stereocenters. The number of nitrogens with zero attached hydrogens (tertiary/aromatic N) is 1. The largest absolute Gasteiger partial charge is 0.481 e. The number of ether oxygens (including phenoxy) is 1. The summed E-state index contributed by atoms with van der Waals surface area (Å²) in [4.78, 5) is 25.7. The highest BCUT2D eigenvalue weighted by atomic mass is 16.5. The molecule has 2 aliphatic heterocycles. The zero-order chi connectivity index (χ0) is 14.6. The Hall–Kier alpha value is -1.14. The number of methoxy groups -OCH3 is 1. The van der Waals surface area contributed by atoms with Gasteiger partial charge in [-0.2, -0.15) is 0 Å². The Bertz CT molecular complexity index is 361. The van der Waals surface area contributed by atoms with E-state index in [1.165, 1.54) is 0 Å². The third-order valence-electron chi connectivity index (χ3n) is 4.48. The molecular weight excluding hydrogens is 260 g/mol. The summed E-state index contributed by atoms with van der Waals surface area (Å²) in [5, 5.41) is 12.2. The molecule has 114 valence electrons. The van der Waals surface area contributed by atoms with Crippen LogP contribution in [0.1, 0.15) is 32.1 Å². The van der Waals surface area contributed by atoms with Gasteiger partial charge in [0.15, 0.2) is 0 Å². The smallest absolute Gasteiger partial charge is 0.305 e. The highest BCUT2D eigenvalue weighted by molar-refractivity contribution is 5.84. The molecule has 2 heterocycles. The van der Waals surface area contributed by atoms with Crippen LogP contribution in [-0.2, 0) is 14.3 Å². The van der Waals surface area contributed by atoms with E-state index >= 15 is 0 Å². The van der Waals surface area contributed by atoms with Gasteiger partial charge in [0.2, 0.25) is 5.91 Å². The Balaban J connectivity index is 2.11. The van der Waals surface area contributed by atoms with Crippen LogP contribution in [0.5, 0.6) is 0 Å². The molecule has 20 heavy (non-hydrogen) atoms. The van der Waals surface area contributed by atoms with Crippen LogP contribution in [0.4, 0.5) is 0 Å². The second-order valence-electron chi connectivity index (χ2n) is 5.86. The molecular formula is C14H24N2O4. The average molecular weight is 284 g/mol. The Kier molecular flexibility index (Phi) is 4.99. The molecule has 0 spiro atoms. The normalized spacial score (nSPS) is 25.6. The molecule has 6 heteroatoms. The second-order valence-corrected chi connectivity index (χ2v) is 5.86. The minimum absolute atomic E-state index is 0.0487. The van der Waals surface area contributed by atoms with Crippen LogP contribution in [-0.4, -0.2) is 61.3 Å². The Labute approximate surface area is 119 Å². The van der Waals surface area contributed by atoms with E-state index in [9.17, 15) is 9.59 Å². The van der Waals surface area contributed by atoms with Gasteiger partial charge in [0, 0.05) is 19.7 Å².